The number of hydrogen-bond acceptors (Lipinski definition) is 5. The minimum absolute atomic E-state index is 0.0874. The first kappa shape index (κ1) is 17.6. The summed E-state index contributed by atoms with van der Waals surface area (Å²) in [4.78, 5) is 2.24. The van der Waals surface area contributed by atoms with E-state index in [9.17, 15) is 8.42 Å². The van der Waals surface area contributed by atoms with Gasteiger partial charge in [0.05, 0.1) is 6.54 Å². The summed E-state index contributed by atoms with van der Waals surface area (Å²) in [6.07, 6.45) is 0. The first-order valence-electron chi connectivity index (χ1n) is 6.57. The molecule has 1 heterocycles. The number of halogens is 1. The van der Waals surface area contributed by atoms with Crippen molar-refractivity contribution in [3.63, 3.8) is 0 Å². The molecule has 0 saturated heterocycles. The van der Waals surface area contributed by atoms with Crippen molar-refractivity contribution in [1.82, 2.24) is 9.62 Å². The zero-order valence-electron chi connectivity index (χ0n) is 12.0. The lowest BCUT2D eigenvalue weighted by atomic mass is 10.3. The molecule has 0 fully saturated rings. The molecule has 0 aliphatic carbocycles. The van der Waals surface area contributed by atoms with Gasteiger partial charge in [0, 0.05) is 18.7 Å². The maximum Gasteiger partial charge on any atom is 0.245 e. The molecule has 20 heavy (non-hydrogen) atoms. The number of sulfonamides is 1. The Hall–Kier alpha value is -0.410. The molecule has 6 nitrogen and oxygen atoms in total. The average molecular weight is 368 g/mol. The highest BCUT2D eigenvalue weighted by Crippen LogP contribution is 2.26. The lowest BCUT2D eigenvalue weighted by Gasteiger charge is -2.23. The summed E-state index contributed by atoms with van der Waals surface area (Å²) in [5.74, 6) is 0.425. The minimum atomic E-state index is -3.61. The Kier molecular flexibility index (Phi) is 6.67. The van der Waals surface area contributed by atoms with Gasteiger partial charge < -0.3 is 15.1 Å². The summed E-state index contributed by atoms with van der Waals surface area (Å²) in [6.45, 7) is 8.52. The van der Waals surface area contributed by atoms with Gasteiger partial charge in [-0.15, -0.1) is 0 Å². The SMILES string of the molecule is CCN(CC)CC(C)NS(=O)(=O)c1cc(CN)oc1Br. The zero-order chi connectivity index (χ0) is 15.3. The van der Waals surface area contributed by atoms with Gasteiger partial charge in [0.15, 0.2) is 4.67 Å². The van der Waals surface area contributed by atoms with Crippen molar-refractivity contribution >= 4 is 26.0 Å². The number of rotatable bonds is 8. The van der Waals surface area contributed by atoms with Crippen LogP contribution in [0.25, 0.3) is 0 Å². The largest absolute Gasteiger partial charge is 0.452 e. The fraction of sp³-hybridized carbons (Fsp3) is 0.667. The number of nitrogens with two attached hydrogens (primary N) is 1. The molecule has 1 rings (SSSR count). The second-order valence-corrected chi connectivity index (χ2v) is 6.97. The van der Waals surface area contributed by atoms with Crippen LogP contribution in [0.5, 0.6) is 0 Å². The number of likely N-dealkylation sites (N-methyl/N-ethyl adjacent to an activating group) is 1. The van der Waals surface area contributed by atoms with Crippen LogP contribution in [0.2, 0.25) is 0 Å². The van der Waals surface area contributed by atoms with Crippen LogP contribution in [0.3, 0.4) is 0 Å². The van der Waals surface area contributed by atoms with Gasteiger partial charge in [-0.25, -0.2) is 13.1 Å². The Morgan fingerprint density at radius 1 is 1.45 bits per heavy atom. The predicted octanol–water partition coefficient (Wildman–Crippen LogP) is 1.51. The third-order valence-corrected chi connectivity index (χ3v) is 5.43. The molecule has 116 valence electrons. The third-order valence-electron chi connectivity index (χ3n) is 2.98. The fourth-order valence-electron chi connectivity index (χ4n) is 1.92. The Labute approximate surface area is 128 Å². The van der Waals surface area contributed by atoms with Gasteiger partial charge in [0.25, 0.3) is 0 Å². The Morgan fingerprint density at radius 2 is 2.05 bits per heavy atom. The Bertz CT molecular complexity index is 526. The van der Waals surface area contributed by atoms with Gasteiger partial charge in [0.1, 0.15) is 10.7 Å². The van der Waals surface area contributed by atoms with Crippen LogP contribution in [-0.2, 0) is 16.6 Å². The van der Waals surface area contributed by atoms with Crippen molar-refractivity contribution in [2.24, 2.45) is 5.73 Å². The Morgan fingerprint density at radius 3 is 2.50 bits per heavy atom. The number of hydrogen-bond donors (Lipinski definition) is 2. The monoisotopic (exact) mass is 367 g/mol. The number of nitrogens with one attached hydrogen (secondary N) is 1. The van der Waals surface area contributed by atoms with Crippen molar-refractivity contribution in [2.75, 3.05) is 19.6 Å². The van der Waals surface area contributed by atoms with Gasteiger partial charge in [-0.3, -0.25) is 0 Å². The second-order valence-electron chi connectivity index (χ2n) is 4.56. The first-order chi connectivity index (χ1) is 9.33. The van der Waals surface area contributed by atoms with Gasteiger partial charge in [-0.05, 0) is 35.9 Å². The standard InChI is InChI=1S/C12H22BrN3O3S/c1-4-16(5-2)8-9(3)15-20(17,18)11-6-10(7-14)19-12(11)13/h6,9,15H,4-5,7-8,14H2,1-3H3. The number of nitrogens with zero attached hydrogens (tertiary/aromatic N) is 1. The predicted molar refractivity (Wildman–Crippen MR) is 81.9 cm³/mol. The first-order valence-corrected chi connectivity index (χ1v) is 8.84. The minimum Gasteiger partial charge on any atom is -0.452 e. The van der Waals surface area contributed by atoms with Crippen molar-refractivity contribution in [1.29, 1.82) is 0 Å². The van der Waals surface area contributed by atoms with E-state index >= 15 is 0 Å². The molecule has 0 aliphatic rings. The van der Waals surface area contributed by atoms with Gasteiger partial charge in [-0.1, -0.05) is 13.8 Å². The Balaban J connectivity index is 2.81. The molecular formula is C12H22BrN3O3S. The molecule has 0 amide bonds. The molecule has 0 aliphatic heterocycles. The highest BCUT2D eigenvalue weighted by Gasteiger charge is 2.24. The fourth-order valence-corrected chi connectivity index (χ4v) is 4.15. The quantitative estimate of drug-likeness (QED) is 0.726. The molecule has 0 spiro atoms. The van der Waals surface area contributed by atoms with Crippen LogP contribution in [0.4, 0.5) is 0 Å². The molecule has 0 bridgehead atoms. The summed E-state index contributed by atoms with van der Waals surface area (Å²) in [6, 6.07) is 1.25. The summed E-state index contributed by atoms with van der Waals surface area (Å²) < 4.78 is 32.6. The van der Waals surface area contributed by atoms with Crippen LogP contribution in [-0.4, -0.2) is 39.0 Å². The lowest BCUT2D eigenvalue weighted by Crippen LogP contribution is -2.41. The van der Waals surface area contributed by atoms with E-state index in [1.54, 1.807) is 0 Å². The molecule has 8 heteroatoms. The summed E-state index contributed by atoms with van der Waals surface area (Å²) in [5.41, 5.74) is 5.44. The van der Waals surface area contributed by atoms with E-state index < -0.39 is 10.0 Å². The van der Waals surface area contributed by atoms with Crippen LogP contribution >= 0.6 is 15.9 Å². The van der Waals surface area contributed by atoms with E-state index in [1.807, 2.05) is 20.8 Å². The zero-order valence-corrected chi connectivity index (χ0v) is 14.4. The van der Waals surface area contributed by atoms with Crippen molar-refractivity contribution in [2.45, 2.75) is 38.3 Å². The van der Waals surface area contributed by atoms with E-state index in [0.29, 0.717) is 12.3 Å². The molecular weight excluding hydrogens is 346 g/mol. The van der Waals surface area contributed by atoms with Crippen LogP contribution in [0.1, 0.15) is 26.5 Å². The third kappa shape index (κ3) is 4.56. The molecule has 1 aromatic rings. The van der Waals surface area contributed by atoms with Crippen LogP contribution in [0, 0.1) is 0 Å². The van der Waals surface area contributed by atoms with E-state index in [2.05, 4.69) is 25.6 Å². The molecule has 1 atom stereocenters. The second kappa shape index (κ2) is 7.56. The molecule has 0 radical (unpaired) electrons. The van der Waals surface area contributed by atoms with Crippen LogP contribution in [0.15, 0.2) is 20.0 Å². The highest BCUT2D eigenvalue weighted by molar-refractivity contribution is 9.10. The summed E-state index contributed by atoms with van der Waals surface area (Å²) in [5, 5.41) is 0. The maximum atomic E-state index is 12.3. The topological polar surface area (TPSA) is 88.6 Å². The van der Waals surface area contributed by atoms with Gasteiger partial charge in [-0.2, -0.15) is 0 Å². The molecule has 0 saturated carbocycles. The van der Waals surface area contributed by atoms with Gasteiger partial charge >= 0.3 is 0 Å². The van der Waals surface area contributed by atoms with Crippen molar-refractivity contribution in [3.8, 4) is 0 Å². The smallest absolute Gasteiger partial charge is 0.245 e. The summed E-state index contributed by atoms with van der Waals surface area (Å²) in [7, 11) is -3.61. The average Bonchev–Trinajstić information content (AvgIpc) is 2.77. The lowest BCUT2D eigenvalue weighted by molar-refractivity contribution is 0.282. The van der Waals surface area contributed by atoms with Crippen molar-refractivity contribution in [3.05, 3.63) is 16.5 Å². The summed E-state index contributed by atoms with van der Waals surface area (Å²) >= 11 is 3.11. The van der Waals surface area contributed by atoms with E-state index in [4.69, 9.17) is 10.2 Å². The molecule has 1 aromatic heterocycles. The molecule has 3 N–H and O–H groups in total. The molecule has 1 unspecified atom stereocenters. The van der Waals surface area contributed by atoms with Gasteiger partial charge in [0.2, 0.25) is 10.0 Å². The number of furan rings is 1. The maximum absolute atomic E-state index is 12.3. The van der Waals surface area contributed by atoms with E-state index in [0.717, 1.165) is 13.1 Å². The molecule has 0 aromatic carbocycles. The van der Waals surface area contributed by atoms with Crippen LogP contribution < -0.4 is 10.5 Å². The van der Waals surface area contributed by atoms with E-state index in [1.165, 1.54) is 6.07 Å². The normalized spacial score (nSPS) is 13.9. The highest BCUT2D eigenvalue weighted by atomic mass is 79.9. The van der Waals surface area contributed by atoms with E-state index in [-0.39, 0.29) is 22.2 Å². The van der Waals surface area contributed by atoms with Crippen molar-refractivity contribution < 1.29 is 12.8 Å².